The first-order valence-corrected chi connectivity index (χ1v) is 8.73. The number of carboxylic acid groups (broad SMARTS) is 3. The van der Waals surface area contributed by atoms with Crippen molar-refractivity contribution in [3.63, 3.8) is 0 Å². The number of rotatable bonds is 12. The number of nitrogens with one attached hydrogen (secondary N) is 1. The van der Waals surface area contributed by atoms with Gasteiger partial charge in [-0.05, 0) is 5.56 Å². The molecule has 0 aliphatic rings. The molecule has 1 rings (SSSR count). The molecule has 9 nitrogen and oxygen atoms in total. The number of carbonyl (C=O) groups excluding carboxylic acids is 1. The molecular weight excluding hydrogens is 364 g/mol. The molecule has 0 fully saturated rings. The summed E-state index contributed by atoms with van der Waals surface area (Å²) in [6.07, 6.45) is 0. The van der Waals surface area contributed by atoms with Gasteiger partial charge in [0.2, 0.25) is 5.91 Å². The minimum Gasteiger partial charge on any atom is -0.480 e. The predicted molar refractivity (Wildman–Crippen MR) is 93.9 cm³/mol. The summed E-state index contributed by atoms with van der Waals surface area (Å²) in [5.74, 6) is -3.85. The number of carboxylic acids is 3. The van der Waals surface area contributed by atoms with Crippen LogP contribution in [0.4, 0.5) is 0 Å². The van der Waals surface area contributed by atoms with Crippen molar-refractivity contribution >= 4 is 35.6 Å². The maximum absolute atomic E-state index is 12.0. The standard InChI is InChI=1S/C16H20N2O7S/c19-13(6-18(7-14(20)21)8-15(22)23)17-12(16(24)25)10-26-9-11-4-2-1-3-5-11/h1-5,12H,6-10H2,(H,17,19)(H,20,21)(H,22,23)(H,24,25)/t12-/m1/s1. The topological polar surface area (TPSA) is 144 Å². The molecule has 1 aromatic rings. The molecule has 0 saturated heterocycles. The molecule has 0 aromatic heterocycles. The average Bonchev–Trinajstić information content (AvgIpc) is 2.53. The number of thioether (sulfide) groups is 1. The largest absolute Gasteiger partial charge is 0.480 e. The van der Waals surface area contributed by atoms with Gasteiger partial charge in [0.05, 0.1) is 19.6 Å². The van der Waals surface area contributed by atoms with Gasteiger partial charge in [0, 0.05) is 11.5 Å². The lowest BCUT2D eigenvalue weighted by Crippen LogP contribution is -2.48. The fourth-order valence-electron chi connectivity index (χ4n) is 2.04. The average molecular weight is 384 g/mol. The van der Waals surface area contributed by atoms with E-state index in [-0.39, 0.29) is 5.75 Å². The second kappa shape index (κ2) is 11.1. The van der Waals surface area contributed by atoms with Crippen LogP contribution in [0.25, 0.3) is 0 Å². The Balaban J connectivity index is 2.53. The monoisotopic (exact) mass is 384 g/mol. The summed E-state index contributed by atoms with van der Waals surface area (Å²) in [5.41, 5.74) is 1.02. The van der Waals surface area contributed by atoms with E-state index in [0.717, 1.165) is 10.5 Å². The van der Waals surface area contributed by atoms with Gasteiger partial charge in [-0.25, -0.2) is 4.79 Å². The van der Waals surface area contributed by atoms with E-state index < -0.39 is 49.5 Å². The lowest BCUT2D eigenvalue weighted by Gasteiger charge is -2.19. The van der Waals surface area contributed by atoms with Crippen molar-refractivity contribution in [3.8, 4) is 0 Å². The van der Waals surface area contributed by atoms with Crippen molar-refractivity contribution in [2.24, 2.45) is 0 Å². The zero-order chi connectivity index (χ0) is 19.5. The number of amides is 1. The maximum Gasteiger partial charge on any atom is 0.327 e. The number of carbonyl (C=O) groups is 4. The molecule has 0 spiro atoms. The molecule has 4 N–H and O–H groups in total. The van der Waals surface area contributed by atoms with Gasteiger partial charge in [-0.2, -0.15) is 11.8 Å². The summed E-state index contributed by atoms with van der Waals surface area (Å²) in [5, 5.41) is 29.0. The van der Waals surface area contributed by atoms with Crippen LogP contribution in [0, 0.1) is 0 Å². The van der Waals surface area contributed by atoms with Crippen molar-refractivity contribution < 1.29 is 34.5 Å². The van der Waals surface area contributed by atoms with Crippen molar-refractivity contribution in [1.82, 2.24) is 10.2 Å². The van der Waals surface area contributed by atoms with Gasteiger partial charge in [0.25, 0.3) is 0 Å². The minimum absolute atomic E-state index is 0.119. The van der Waals surface area contributed by atoms with Crippen LogP contribution in [-0.4, -0.2) is 75.5 Å². The molecule has 1 atom stereocenters. The van der Waals surface area contributed by atoms with Gasteiger partial charge in [-0.1, -0.05) is 30.3 Å². The Bertz CT molecular complexity index is 623. The second-order valence-electron chi connectivity index (χ2n) is 5.39. The Kier molecular flexibility index (Phi) is 9.17. The predicted octanol–water partition coefficient (Wildman–Crippen LogP) is -0.0396. The number of nitrogens with zero attached hydrogens (tertiary/aromatic N) is 1. The van der Waals surface area contributed by atoms with Gasteiger partial charge in [0.1, 0.15) is 6.04 Å². The van der Waals surface area contributed by atoms with Crippen molar-refractivity contribution in [3.05, 3.63) is 35.9 Å². The Morgan fingerprint density at radius 3 is 2.04 bits per heavy atom. The van der Waals surface area contributed by atoms with Crippen LogP contribution < -0.4 is 5.32 Å². The molecule has 1 aromatic carbocycles. The molecule has 0 aliphatic heterocycles. The van der Waals surface area contributed by atoms with Crippen LogP contribution >= 0.6 is 11.8 Å². The second-order valence-corrected chi connectivity index (χ2v) is 6.42. The van der Waals surface area contributed by atoms with Crippen LogP contribution in [0.5, 0.6) is 0 Å². The summed E-state index contributed by atoms with van der Waals surface area (Å²) in [7, 11) is 0. The molecule has 0 saturated carbocycles. The molecule has 1 amide bonds. The summed E-state index contributed by atoms with van der Waals surface area (Å²) in [6.45, 7) is -1.80. The Morgan fingerprint density at radius 2 is 1.54 bits per heavy atom. The Hall–Kier alpha value is -2.59. The fourth-order valence-corrected chi connectivity index (χ4v) is 3.04. The van der Waals surface area contributed by atoms with Gasteiger partial charge in [-0.15, -0.1) is 0 Å². The number of aliphatic carboxylic acids is 3. The summed E-state index contributed by atoms with van der Waals surface area (Å²) >= 11 is 1.33. The first-order chi connectivity index (χ1) is 12.3. The zero-order valence-corrected chi connectivity index (χ0v) is 14.6. The molecule has 0 unspecified atom stereocenters. The molecule has 10 heteroatoms. The first-order valence-electron chi connectivity index (χ1n) is 7.57. The third kappa shape index (κ3) is 9.04. The van der Waals surface area contributed by atoms with Crippen molar-refractivity contribution in [2.45, 2.75) is 11.8 Å². The molecule has 0 heterocycles. The van der Waals surface area contributed by atoms with Crippen LogP contribution in [0.15, 0.2) is 30.3 Å². The number of hydrogen-bond acceptors (Lipinski definition) is 6. The summed E-state index contributed by atoms with van der Waals surface area (Å²) in [4.78, 5) is 45.6. The summed E-state index contributed by atoms with van der Waals surface area (Å²) in [6, 6.07) is 8.24. The van der Waals surface area contributed by atoms with E-state index >= 15 is 0 Å². The summed E-state index contributed by atoms with van der Waals surface area (Å²) < 4.78 is 0. The SMILES string of the molecule is O=C(O)CN(CC(=O)O)CC(=O)N[C@H](CSCc1ccccc1)C(=O)O. The molecule has 0 bridgehead atoms. The lowest BCUT2D eigenvalue weighted by atomic mass is 10.2. The van der Waals surface area contributed by atoms with Gasteiger partial charge in [-0.3, -0.25) is 19.3 Å². The smallest absolute Gasteiger partial charge is 0.327 e. The van der Waals surface area contributed by atoms with E-state index in [4.69, 9.17) is 10.2 Å². The fraction of sp³-hybridized carbons (Fsp3) is 0.375. The molecule has 0 radical (unpaired) electrons. The third-order valence-corrected chi connectivity index (χ3v) is 4.22. The van der Waals surface area contributed by atoms with E-state index in [0.29, 0.717) is 5.75 Å². The molecule has 26 heavy (non-hydrogen) atoms. The Morgan fingerprint density at radius 1 is 0.962 bits per heavy atom. The van der Waals surface area contributed by atoms with Crippen LogP contribution in [0.2, 0.25) is 0 Å². The van der Waals surface area contributed by atoms with Crippen LogP contribution in [-0.2, 0) is 24.9 Å². The van der Waals surface area contributed by atoms with Gasteiger partial charge >= 0.3 is 17.9 Å². The Labute approximate surface area is 154 Å². The van der Waals surface area contributed by atoms with E-state index in [1.165, 1.54) is 11.8 Å². The highest BCUT2D eigenvalue weighted by Gasteiger charge is 2.23. The van der Waals surface area contributed by atoms with E-state index in [1.807, 2.05) is 30.3 Å². The maximum atomic E-state index is 12.0. The molecular formula is C16H20N2O7S. The number of benzene rings is 1. The molecule has 0 aliphatic carbocycles. The van der Waals surface area contributed by atoms with Crippen molar-refractivity contribution in [2.75, 3.05) is 25.4 Å². The highest BCUT2D eigenvalue weighted by atomic mass is 32.2. The normalized spacial score (nSPS) is 11.7. The third-order valence-electron chi connectivity index (χ3n) is 3.11. The van der Waals surface area contributed by atoms with E-state index in [1.54, 1.807) is 0 Å². The molecule has 142 valence electrons. The van der Waals surface area contributed by atoms with Gasteiger partial charge < -0.3 is 20.6 Å². The quantitative estimate of drug-likeness (QED) is 0.390. The lowest BCUT2D eigenvalue weighted by molar-refractivity contribution is -0.144. The van der Waals surface area contributed by atoms with E-state index in [2.05, 4.69) is 5.32 Å². The highest BCUT2D eigenvalue weighted by Crippen LogP contribution is 2.13. The highest BCUT2D eigenvalue weighted by molar-refractivity contribution is 7.98. The number of hydrogen-bond donors (Lipinski definition) is 4. The van der Waals surface area contributed by atoms with E-state index in [9.17, 15) is 24.3 Å². The zero-order valence-electron chi connectivity index (χ0n) is 13.8. The van der Waals surface area contributed by atoms with Crippen molar-refractivity contribution in [1.29, 1.82) is 0 Å². The van der Waals surface area contributed by atoms with Crippen LogP contribution in [0.3, 0.4) is 0 Å². The minimum atomic E-state index is -1.28. The van der Waals surface area contributed by atoms with Crippen LogP contribution in [0.1, 0.15) is 5.56 Å². The van der Waals surface area contributed by atoms with Gasteiger partial charge in [0.15, 0.2) is 0 Å². The first kappa shape index (κ1) is 21.5.